The molecule has 1 aromatic rings. The fourth-order valence-corrected chi connectivity index (χ4v) is 2.75. The molecule has 90 valence electrons. The summed E-state index contributed by atoms with van der Waals surface area (Å²) >= 11 is 6.09. The minimum Gasteiger partial charge on any atom is -0.496 e. The molecule has 0 fully saturated rings. The van der Waals surface area contributed by atoms with Crippen molar-refractivity contribution >= 4 is 24.4 Å². The van der Waals surface area contributed by atoms with Gasteiger partial charge in [-0.05, 0) is 36.5 Å². The van der Waals surface area contributed by atoms with Crippen LogP contribution in [0.5, 0.6) is 5.75 Å². The average Bonchev–Trinajstić information content (AvgIpc) is 2.34. The Hall–Kier alpha value is -0.280. The lowest BCUT2D eigenvalue weighted by atomic mass is 10.2. The van der Waals surface area contributed by atoms with E-state index in [-0.39, 0.29) is 0 Å². The number of unbranched alkanes of at least 4 members (excludes halogenated alkanes) is 3. The summed E-state index contributed by atoms with van der Waals surface area (Å²) in [4.78, 5) is 1.25. The predicted octanol–water partition coefficient (Wildman–Crippen LogP) is 4.28. The van der Waals surface area contributed by atoms with E-state index in [1.807, 2.05) is 23.9 Å². The third-order valence-corrected chi connectivity index (χ3v) is 3.84. The molecule has 0 radical (unpaired) electrons. The number of para-hydroxylation sites is 1. The van der Waals surface area contributed by atoms with Crippen LogP contribution in [0.15, 0.2) is 29.2 Å². The summed E-state index contributed by atoms with van der Waals surface area (Å²) in [6.45, 7) is 0. The van der Waals surface area contributed by atoms with Crippen LogP contribution in [0.3, 0.4) is 0 Å². The normalized spacial score (nSPS) is 10.4. The highest BCUT2D eigenvalue weighted by molar-refractivity contribution is 7.99. The quantitative estimate of drug-likeness (QED) is 0.422. The maximum Gasteiger partial charge on any atom is 0.132 e. The zero-order chi connectivity index (χ0) is 11.6. The van der Waals surface area contributed by atoms with Crippen molar-refractivity contribution in [2.24, 2.45) is 0 Å². The SMILES string of the molecule is COc1ccccc1SCCCCCCS. The molecule has 16 heavy (non-hydrogen) atoms. The van der Waals surface area contributed by atoms with Gasteiger partial charge in [0.05, 0.1) is 7.11 Å². The number of rotatable bonds is 8. The van der Waals surface area contributed by atoms with Crippen LogP contribution >= 0.6 is 24.4 Å². The average molecular weight is 256 g/mol. The highest BCUT2D eigenvalue weighted by Gasteiger charge is 2.01. The molecule has 1 nitrogen and oxygen atoms in total. The van der Waals surface area contributed by atoms with Crippen molar-refractivity contribution in [3.63, 3.8) is 0 Å². The summed E-state index contributed by atoms with van der Waals surface area (Å²) in [5.74, 6) is 3.18. The highest BCUT2D eigenvalue weighted by Crippen LogP contribution is 2.29. The van der Waals surface area contributed by atoms with Gasteiger partial charge >= 0.3 is 0 Å². The van der Waals surface area contributed by atoms with E-state index in [4.69, 9.17) is 4.74 Å². The molecule has 0 N–H and O–H groups in total. The van der Waals surface area contributed by atoms with Crippen LogP contribution in [-0.2, 0) is 0 Å². The summed E-state index contributed by atoms with van der Waals surface area (Å²) in [5.41, 5.74) is 0. The number of ether oxygens (including phenoxy) is 1. The van der Waals surface area contributed by atoms with Gasteiger partial charge in [-0.2, -0.15) is 12.6 Å². The first-order valence-corrected chi connectivity index (χ1v) is 7.37. The molecule has 0 aliphatic rings. The molecule has 1 rings (SSSR count). The zero-order valence-electron chi connectivity index (χ0n) is 9.82. The molecule has 0 bridgehead atoms. The molecule has 0 aliphatic carbocycles. The standard InChI is InChI=1S/C13H20OS2/c1-14-12-8-4-5-9-13(12)16-11-7-3-2-6-10-15/h4-5,8-9,15H,2-3,6-7,10-11H2,1H3. The molecular formula is C13H20OS2. The topological polar surface area (TPSA) is 9.23 Å². The maximum absolute atomic E-state index is 5.31. The van der Waals surface area contributed by atoms with Gasteiger partial charge < -0.3 is 4.74 Å². The van der Waals surface area contributed by atoms with Crippen LogP contribution in [0.2, 0.25) is 0 Å². The Balaban J connectivity index is 2.21. The number of hydrogen-bond donors (Lipinski definition) is 1. The van der Waals surface area contributed by atoms with Gasteiger partial charge in [-0.1, -0.05) is 25.0 Å². The number of thioether (sulfide) groups is 1. The van der Waals surface area contributed by atoms with Crippen molar-refractivity contribution in [1.82, 2.24) is 0 Å². The van der Waals surface area contributed by atoms with Gasteiger partial charge in [0.15, 0.2) is 0 Å². The highest BCUT2D eigenvalue weighted by atomic mass is 32.2. The lowest BCUT2D eigenvalue weighted by Gasteiger charge is -2.07. The molecule has 0 saturated heterocycles. The van der Waals surface area contributed by atoms with Gasteiger partial charge in [-0.15, -0.1) is 11.8 Å². The molecule has 0 unspecified atom stereocenters. The lowest BCUT2D eigenvalue weighted by molar-refractivity contribution is 0.405. The van der Waals surface area contributed by atoms with Gasteiger partial charge in [-0.3, -0.25) is 0 Å². The number of hydrogen-bond acceptors (Lipinski definition) is 3. The minimum absolute atomic E-state index is 0.989. The van der Waals surface area contributed by atoms with Gasteiger partial charge in [-0.25, -0.2) is 0 Å². The third kappa shape index (κ3) is 5.17. The van der Waals surface area contributed by atoms with Crippen molar-refractivity contribution in [3.8, 4) is 5.75 Å². The smallest absolute Gasteiger partial charge is 0.132 e. The van der Waals surface area contributed by atoms with Gasteiger partial charge in [0, 0.05) is 4.90 Å². The summed E-state index contributed by atoms with van der Waals surface area (Å²) in [7, 11) is 1.73. The number of thiol groups is 1. The van der Waals surface area contributed by atoms with E-state index in [9.17, 15) is 0 Å². The molecule has 1 aromatic carbocycles. The minimum atomic E-state index is 0.989. The van der Waals surface area contributed by atoms with Crippen LogP contribution in [-0.4, -0.2) is 18.6 Å². The van der Waals surface area contributed by atoms with E-state index in [0.29, 0.717) is 0 Å². The Bertz CT molecular complexity index is 289. The first-order valence-electron chi connectivity index (χ1n) is 5.75. The predicted molar refractivity (Wildman–Crippen MR) is 76.0 cm³/mol. The maximum atomic E-state index is 5.31. The Morgan fingerprint density at radius 3 is 2.62 bits per heavy atom. The van der Waals surface area contributed by atoms with Crippen LogP contribution < -0.4 is 4.74 Å². The van der Waals surface area contributed by atoms with Crippen LogP contribution in [0, 0.1) is 0 Å². The number of benzene rings is 1. The van der Waals surface area contributed by atoms with Crippen molar-refractivity contribution < 1.29 is 4.74 Å². The lowest BCUT2D eigenvalue weighted by Crippen LogP contribution is -1.87. The van der Waals surface area contributed by atoms with Crippen molar-refractivity contribution in [3.05, 3.63) is 24.3 Å². The van der Waals surface area contributed by atoms with Crippen LogP contribution in [0.1, 0.15) is 25.7 Å². The van der Waals surface area contributed by atoms with E-state index in [2.05, 4.69) is 24.8 Å². The molecule has 0 aromatic heterocycles. The summed E-state index contributed by atoms with van der Waals surface area (Å²) in [5, 5.41) is 0. The fourth-order valence-electron chi connectivity index (χ4n) is 1.49. The molecule has 3 heteroatoms. The molecule has 0 amide bonds. The fraction of sp³-hybridized carbons (Fsp3) is 0.538. The van der Waals surface area contributed by atoms with Crippen LogP contribution in [0.4, 0.5) is 0 Å². The van der Waals surface area contributed by atoms with E-state index in [1.165, 1.54) is 36.3 Å². The third-order valence-electron chi connectivity index (χ3n) is 2.38. The first-order chi connectivity index (χ1) is 7.88. The van der Waals surface area contributed by atoms with Crippen molar-refractivity contribution in [2.75, 3.05) is 18.6 Å². The van der Waals surface area contributed by atoms with Gasteiger partial charge in [0.25, 0.3) is 0 Å². The second-order valence-electron chi connectivity index (χ2n) is 3.64. The second-order valence-corrected chi connectivity index (χ2v) is 5.22. The Morgan fingerprint density at radius 1 is 1.12 bits per heavy atom. The summed E-state index contributed by atoms with van der Waals surface area (Å²) in [6, 6.07) is 8.21. The molecular weight excluding hydrogens is 236 g/mol. The summed E-state index contributed by atoms with van der Waals surface area (Å²) in [6.07, 6.45) is 5.12. The monoisotopic (exact) mass is 256 g/mol. The molecule has 0 atom stereocenters. The largest absolute Gasteiger partial charge is 0.496 e. The zero-order valence-corrected chi connectivity index (χ0v) is 11.5. The van der Waals surface area contributed by atoms with E-state index >= 15 is 0 Å². The number of methoxy groups -OCH3 is 1. The van der Waals surface area contributed by atoms with E-state index < -0.39 is 0 Å². The second kappa shape index (κ2) is 8.82. The Kier molecular flexibility index (Phi) is 7.60. The van der Waals surface area contributed by atoms with Crippen molar-refractivity contribution in [2.45, 2.75) is 30.6 Å². The summed E-state index contributed by atoms with van der Waals surface area (Å²) < 4.78 is 5.31. The molecule has 0 saturated carbocycles. The Labute approximate surface area is 108 Å². The van der Waals surface area contributed by atoms with Gasteiger partial charge in [0.1, 0.15) is 5.75 Å². The molecule has 0 heterocycles. The van der Waals surface area contributed by atoms with Crippen molar-refractivity contribution in [1.29, 1.82) is 0 Å². The Morgan fingerprint density at radius 2 is 1.88 bits per heavy atom. The van der Waals surface area contributed by atoms with Gasteiger partial charge in [0.2, 0.25) is 0 Å². The van der Waals surface area contributed by atoms with E-state index in [0.717, 1.165) is 11.5 Å². The first kappa shape index (κ1) is 13.8. The van der Waals surface area contributed by atoms with E-state index in [1.54, 1.807) is 7.11 Å². The van der Waals surface area contributed by atoms with Crippen LogP contribution in [0.25, 0.3) is 0 Å². The molecule has 0 aliphatic heterocycles. The molecule has 0 spiro atoms.